The van der Waals surface area contributed by atoms with Crippen molar-refractivity contribution in [2.24, 2.45) is 0 Å². The van der Waals surface area contributed by atoms with Crippen LogP contribution in [0, 0.1) is 6.92 Å². The van der Waals surface area contributed by atoms with Crippen LogP contribution in [0.15, 0.2) is 54.0 Å². The van der Waals surface area contributed by atoms with Gasteiger partial charge in [0, 0.05) is 18.1 Å². The number of amides is 1. The van der Waals surface area contributed by atoms with Gasteiger partial charge in [-0.05, 0) is 30.7 Å². The van der Waals surface area contributed by atoms with E-state index in [0.717, 1.165) is 5.56 Å². The average molecular weight is 335 g/mol. The first-order chi connectivity index (χ1) is 12.1. The number of fused-ring (bicyclic) bond motifs is 1. The number of hydrogen-bond donors (Lipinski definition) is 2. The normalized spacial score (nSPS) is 10.9. The van der Waals surface area contributed by atoms with Crippen molar-refractivity contribution in [1.29, 1.82) is 0 Å². The maximum absolute atomic E-state index is 12.6. The maximum Gasteiger partial charge on any atom is 0.347 e. The summed E-state index contributed by atoms with van der Waals surface area (Å²) in [6.45, 7) is 1.82. The van der Waals surface area contributed by atoms with Crippen molar-refractivity contribution >= 4 is 17.2 Å². The molecule has 124 valence electrons. The predicted octanol–water partition coefficient (Wildman–Crippen LogP) is 1.16. The Balaban J connectivity index is 1.71. The zero-order chi connectivity index (χ0) is 17.4. The standard InChI is InChI=1S/C16H13N7O2/c1-10-12(4-2-5-13(10)22-9-18-21-16(22)25)20-15(24)11-8-19-23-7-3-6-17-14(11)23/h2-9H,1H3,(H,20,24)(H,21,25). The van der Waals surface area contributed by atoms with Crippen molar-refractivity contribution in [3.05, 3.63) is 70.8 Å². The summed E-state index contributed by atoms with van der Waals surface area (Å²) in [6.07, 6.45) is 6.18. The highest BCUT2D eigenvalue weighted by atomic mass is 16.2. The summed E-state index contributed by atoms with van der Waals surface area (Å²) in [6, 6.07) is 7.03. The van der Waals surface area contributed by atoms with Gasteiger partial charge in [-0.25, -0.2) is 24.0 Å². The van der Waals surface area contributed by atoms with E-state index >= 15 is 0 Å². The number of H-pyrrole nitrogens is 1. The lowest BCUT2D eigenvalue weighted by Gasteiger charge is -2.11. The van der Waals surface area contributed by atoms with Crippen LogP contribution in [0.4, 0.5) is 5.69 Å². The number of hydrogen-bond acceptors (Lipinski definition) is 5. The molecule has 0 atom stereocenters. The minimum atomic E-state index is -0.349. The zero-order valence-electron chi connectivity index (χ0n) is 13.2. The summed E-state index contributed by atoms with van der Waals surface area (Å²) in [5, 5.41) is 13.0. The van der Waals surface area contributed by atoms with E-state index in [-0.39, 0.29) is 11.6 Å². The second kappa shape index (κ2) is 5.71. The van der Waals surface area contributed by atoms with Crippen molar-refractivity contribution in [2.45, 2.75) is 6.92 Å². The molecule has 0 aliphatic heterocycles. The lowest BCUT2D eigenvalue weighted by molar-refractivity contribution is 0.102. The van der Waals surface area contributed by atoms with E-state index in [1.807, 2.05) is 6.92 Å². The van der Waals surface area contributed by atoms with Crippen LogP contribution >= 0.6 is 0 Å². The molecular formula is C16H13N7O2. The summed E-state index contributed by atoms with van der Waals surface area (Å²) >= 11 is 0. The number of nitrogens with zero attached hydrogens (tertiary/aromatic N) is 5. The molecule has 4 aromatic rings. The van der Waals surface area contributed by atoms with Gasteiger partial charge in [-0.15, -0.1) is 0 Å². The third-order valence-corrected chi connectivity index (χ3v) is 3.89. The summed E-state index contributed by atoms with van der Waals surface area (Å²) in [5.74, 6) is -0.325. The highest BCUT2D eigenvalue weighted by Gasteiger charge is 2.16. The molecule has 1 aromatic carbocycles. The van der Waals surface area contributed by atoms with Gasteiger partial charge in [0.15, 0.2) is 5.65 Å². The molecule has 4 rings (SSSR count). The first-order valence-corrected chi connectivity index (χ1v) is 7.47. The Hall–Kier alpha value is -3.75. The quantitative estimate of drug-likeness (QED) is 0.584. The average Bonchev–Trinajstić information content (AvgIpc) is 3.23. The smallest absolute Gasteiger partial charge is 0.322 e. The molecule has 0 saturated heterocycles. The number of carbonyl (C=O) groups is 1. The molecule has 0 spiro atoms. The molecule has 25 heavy (non-hydrogen) atoms. The summed E-state index contributed by atoms with van der Waals surface area (Å²) in [5.41, 5.74) is 2.45. The van der Waals surface area contributed by atoms with Crippen molar-refractivity contribution in [3.8, 4) is 5.69 Å². The Kier molecular flexibility index (Phi) is 3.38. The van der Waals surface area contributed by atoms with Crippen LogP contribution in [-0.2, 0) is 0 Å². The van der Waals surface area contributed by atoms with Gasteiger partial charge in [-0.3, -0.25) is 4.79 Å². The summed E-state index contributed by atoms with van der Waals surface area (Å²) < 4.78 is 2.91. The number of anilines is 1. The van der Waals surface area contributed by atoms with E-state index in [0.29, 0.717) is 22.6 Å². The van der Waals surface area contributed by atoms with Crippen molar-refractivity contribution in [1.82, 2.24) is 29.4 Å². The Morgan fingerprint density at radius 3 is 2.96 bits per heavy atom. The van der Waals surface area contributed by atoms with E-state index in [9.17, 15) is 9.59 Å². The maximum atomic E-state index is 12.6. The number of aromatic amines is 1. The fourth-order valence-electron chi connectivity index (χ4n) is 2.62. The lowest BCUT2D eigenvalue weighted by Crippen LogP contribution is -2.17. The zero-order valence-corrected chi connectivity index (χ0v) is 13.2. The molecule has 0 radical (unpaired) electrons. The minimum absolute atomic E-state index is 0.325. The molecule has 0 bridgehead atoms. The monoisotopic (exact) mass is 335 g/mol. The molecule has 0 unspecified atom stereocenters. The summed E-state index contributed by atoms with van der Waals surface area (Å²) in [7, 11) is 0. The Morgan fingerprint density at radius 2 is 2.16 bits per heavy atom. The van der Waals surface area contributed by atoms with Crippen LogP contribution < -0.4 is 11.0 Å². The highest BCUT2D eigenvalue weighted by Crippen LogP contribution is 2.22. The molecule has 0 saturated carbocycles. The first-order valence-electron chi connectivity index (χ1n) is 7.47. The van der Waals surface area contributed by atoms with Gasteiger partial charge < -0.3 is 5.32 Å². The van der Waals surface area contributed by atoms with Gasteiger partial charge >= 0.3 is 5.69 Å². The molecule has 2 N–H and O–H groups in total. The highest BCUT2D eigenvalue weighted by molar-refractivity contribution is 6.08. The van der Waals surface area contributed by atoms with E-state index < -0.39 is 0 Å². The molecule has 9 nitrogen and oxygen atoms in total. The molecule has 3 aromatic heterocycles. The molecule has 0 aliphatic carbocycles. The lowest BCUT2D eigenvalue weighted by atomic mass is 10.1. The Labute approximate surface area is 141 Å². The van der Waals surface area contributed by atoms with Gasteiger partial charge in [0.1, 0.15) is 11.9 Å². The SMILES string of the molecule is Cc1c(NC(=O)c2cnn3cccnc23)cccc1-n1cn[nH]c1=O. The Bertz CT molecular complexity index is 1140. The van der Waals surface area contributed by atoms with E-state index in [4.69, 9.17) is 0 Å². The number of nitrogens with one attached hydrogen (secondary N) is 2. The molecule has 1 amide bonds. The molecule has 9 heteroatoms. The molecule has 0 aliphatic rings. The van der Waals surface area contributed by atoms with Gasteiger partial charge in [-0.2, -0.15) is 10.2 Å². The molecular weight excluding hydrogens is 322 g/mol. The largest absolute Gasteiger partial charge is 0.347 e. The second-order valence-corrected chi connectivity index (χ2v) is 5.38. The predicted molar refractivity (Wildman–Crippen MR) is 89.9 cm³/mol. The minimum Gasteiger partial charge on any atom is -0.322 e. The van der Waals surface area contributed by atoms with Crippen LogP contribution in [0.25, 0.3) is 11.3 Å². The van der Waals surface area contributed by atoms with Crippen LogP contribution in [0.3, 0.4) is 0 Å². The van der Waals surface area contributed by atoms with Gasteiger partial charge in [0.05, 0.1) is 11.9 Å². The number of benzene rings is 1. The number of aromatic nitrogens is 6. The number of carbonyl (C=O) groups excluding carboxylic acids is 1. The van der Waals surface area contributed by atoms with Gasteiger partial charge in [-0.1, -0.05) is 6.07 Å². The fourth-order valence-corrected chi connectivity index (χ4v) is 2.62. The summed E-state index contributed by atoms with van der Waals surface area (Å²) in [4.78, 5) is 28.6. The molecule has 3 heterocycles. The van der Waals surface area contributed by atoms with Crippen molar-refractivity contribution < 1.29 is 4.79 Å². The van der Waals surface area contributed by atoms with Gasteiger partial charge in [0.2, 0.25) is 0 Å². The third kappa shape index (κ3) is 2.47. The van der Waals surface area contributed by atoms with E-state index in [1.165, 1.54) is 21.6 Å². The van der Waals surface area contributed by atoms with Crippen molar-refractivity contribution in [2.75, 3.05) is 5.32 Å². The first kappa shape index (κ1) is 14.8. The van der Waals surface area contributed by atoms with Gasteiger partial charge in [0.25, 0.3) is 5.91 Å². The Morgan fingerprint density at radius 1 is 1.28 bits per heavy atom. The van der Waals surface area contributed by atoms with Crippen LogP contribution in [-0.4, -0.2) is 35.3 Å². The van der Waals surface area contributed by atoms with E-state index in [1.54, 1.807) is 36.7 Å². The second-order valence-electron chi connectivity index (χ2n) is 5.38. The third-order valence-electron chi connectivity index (χ3n) is 3.89. The van der Waals surface area contributed by atoms with Crippen LogP contribution in [0.2, 0.25) is 0 Å². The molecule has 0 fully saturated rings. The van der Waals surface area contributed by atoms with E-state index in [2.05, 4.69) is 25.6 Å². The van der Waals surface area contributed by atoms with Crippen molar-refractivity contribution in [3.63, 3.8) is 0 Å². The van der Waals surface area contributed by atoms with Crippen LogP contribution in [0.5, 0.6) is 0 Å². The topological polar surface area (TPSA) is 110 Å². The fraction of sp³-hybridized carbons (Fsp3) is 0.0625. The number of rotatable bonds is 3. The van der Waals surface area contributed by atoms with Crippen LogP contribution in [0.1, 0.15) is 15.9 Å².